The molecule has 0 unspecified atom stereocenters. The maximum Gasteiger partial charge on any atom is 0.225 e. The van der Waals surface area contributed by atoms with Gasteiger partial charge in [0.15, 0.2) is 0 Å². The Bertz CT molecular complexity index is 1460. The molecule has 2 aromatic heterocycles. The van der Waals surface area contributed by atoms with E-state index < -0.39 is 0 Å². The van der Waals surface area contributed by atoms with E-state index in [-0.39, 0.29) is 24.2 Å². The molecule has 4 aromatic rings. The fraction of sp³-hybridized carbons (Fsp3) is 0.367. The Balaban J connectivity index is 1.51. The first-order valence-corrected chi connectivity index (χ1v) is 14.0. The molecule has 0 radical (unpaired) electrons. The minimum absolute atomic E-state index is 0.0968. The number of methoxy groups -OCH3 is 1. The number of carbonyl (C=O) groups is 2. The first kappa shape index (κ1) is 28.7. The Morgan fingerprint density at radius 2 is 1.87 bits per heavy atom. The highest BCUT2D eigenvalue weighted by atomic mass is 35.5. The van der Waals surface area contributed by atoms with E-state index in [0.29, 0.717) is 35.1 Å². The van der Waals surface area contributed by atoms with Crippen molar-refractivity contribution in [3.63, 3.8) is 0 Å². The number of amides is 1. The number of rotatable bonds is 13. The van der Waals surface area contributed by atoms with Crippen molar-refractivity contribution in [2.24, 2.45) is 0 Å². The molecule has 2 aromatic carbocycles. The summed E-state index contributed by atoms with van der Waals surface area (Å²) in [6.07, 6.45) is 6.43. The summed E-state index contributed by atoms with van der Waals surface area (Å²) in [6.45, 7) is 3.86. The molecule has 0 fully saturated rings. The maximum absolute atomic E-state index is 13.3. The van der Waals surface area contributed by atoms with Gasteiger partial charge in [0.2, 0.25) is 5.91 Å². The first-order valence-electron chi connectivity index (χ1n) is 13.3. The predicted octanol–water partition coefficient (Wildman–Crippen LogP) is 7.51. The number of hydrogen-bond donors (Lipinski definition) is 3. The number of unbranched alkanes of at least 4 members (excludes halogenated alkanes) is 2. The maximum atomic E-state index is 13.3. The van der Waals surface area contributed by atoms with Gasteiger partial charge in [-0.15, -0.1) is 0 Å². The van der Waals surface area contributed by atoms with Gasteiger partial charge in [0.25, 0.3) is 0 Å². The Labute approximate surface area is 238 Å². The van der Waals surface area contributed by atoms with E-state index in [0.717, 1.165) is 58.4 Å². The molecule has 206 valence electrons. The van der Waals surface area contributed by atoms with Crippen molar-refractivity contribution >= 4 is 45.8 Å². The summed E-state index contributed by atoms with van der Waals surface area (Å²) < 4.78 is 5.39. The van der Waals surface area contributed by atoms with E-state index in [1.807, 2.05) is 38.1 Å². The first-order chi connectivity index (χ1) is 18.8. The van der Waals surface area contributed by atoms with E-state index in [4.69, 9.17) is 27.9 Å². The number of ether oxygens (including phenoxy) is 1. The Morgan fingerprint density at radius 1 is 1.05 bits per heavy atom. The monoisotopic (exact) mass is 568 g/mol. The molecule has 1 amide bonds. The van der Waals surface area contributed by atoms with Crippen molar-refractivity contribution in [2.45, 2.75) is 64.8 Å². The number of ketones is 1. The van der Waals surface area contributed by atoms with Crippen LogP contribution in [0, 0.1) is 6.92 Å². The van der Waals surface area contributed by atoms with Gasteiger partial charge in [0.1, 0.15) is 17.4 Å². The lowest BCUT2D eigenvalue weighted by atomic mass is 10.0. The number of fused-ring (bicyclic) bond motifs is 1. The standard InChI is InChI=1S/C30H34Cl2N4O3/c1-4-20(37)8-6-5-7-9-27(30-33-17-28(36-30)19-10-12-24(31)25(32)14-19)35-29(38)16-22-18(2)34-26-13-11-21(39-3)15-23(22)26/h10-15,17,27,34H,4-9,16H2,1-3H3,(H,33,36)(H,35,38)/t27-/m0/s1. The smallest absolute Gasteiger partial charge is 0.225 e. The van der Waals surface area contributed by atoms with Crippen LogP contribution in [-0.2, 0) is 16.0 Å². The lowest BCUT2D eigenvalue weighted by molar-refractivity contribution is -0.121. The third-order valence-corrected chi connectivity index (χ3v) is 7.74. The second-order valence-corrected chi connectivity index (χ2v) is 10.6. The molecule has 7 nitrogen and oxygen atoms in total. The summed E-state index contributed by atoms with van der Waals surface area (Å²) in [7, 11) is 1.63. The number of H-pyrrole nitrogens is 2. The summed E-state index contributed by atoms with van der Waals surface area (Å²) in [6, 6.07) is 10.9. The van der Waals surface area contributed by atoms with Crippen LogP contribution in [0.1, 0.15) is 68.6 Å². The summed E-state index contributed by atoms with van der Waals surface area (Å²) in [5.74, 6) is 1.60. The van der Waals surface area contributed by atoms with Crippen molar-refractivity contribution in [2.75, 3.05) is 7.11 Å². The molecule has 0 saturated heterocycles. The van der Waals surface area contributed by atoms with Gasteiger partial charge in [0.05, 0.1) is 41.5 Å². The highest BCUT2D eigenvalue weighted by molar-refractivity contribution is 6.42. The van der Waals surface area contributed by atoms with Gasteiger partial charge in [-0.1, -0.05) is 49.0 Å². The predicted molar refractivity (Wildman–Crippen MR) is 157 cm³/mol. The van der Waals surface area contributed by atoms with Gasteiger partial charge in [-0.3, -0.25) is 9.59 Å². The van der Waals surface area contributed by atoms with Gasteiger partial charge in [0, 0.05) is 35.0 Å². The fourth-order valence-electron chi connectivity index (χ4n) is 4.75. The number of Topliss-reactive ketones (excluding diaryl/α,β-unsaturated/α-hetero) is 1. The largest absolute Gasteiger partial charge is 0.497 e. The molecule has 4 rings (SSSR count). The number of imidazole rings is 1. The molecule has 39 heavy (non-hydrogen) atoms. The van der Waals surface area contributed by atoms with Crippen LogP contribution < -0.4 is 10.1 Å². The average molecular weight is 570 g/mol. The van der Waals surface area contributed by atoms with Crippen molar-refractivity contribution < 1.29 is 14.3 Å². The van der Waals surface area contributed by atoms with E-state index in [1.54, 1.807) is 25.4 Å². The number of halogens is 2. The molecule has 0 bridgehead atoms. The number of aromatic nitrogens is 3. The van der Waals surface area contributed by atoms with Gasteiger partial charge in [-0.25, -0.2) is 4.98 Å². The number of nitrogens with zero attached hydrogens (tertiary/aromatic N) is 1. The third-order valence-electron chi connectivity index (χ3n) is 7.00. The Hall–Kier alpha value is -3.29. The van der Waals surface area contributed by atoms with Crippen molar-refractivity contribution in [3.05, 3.63) is 69.7 Å². The van der Waals surface area contributed by atoms with Gasteiger partial charge >= 0.3 is 0 Å². The van der Waals surface area contributed by atoms with Crippen LogP contribution in [0.5, 0.6) is 5.75 Å². The highest BCUT2D eigenvalue weighted by Crippen LogP contribution is 2.30. The quantitative estimate of drug-likeness (QED) is 0.145. The zero-order valence-electron chi connectivity index (χ0n) is 22.5. The molecule has 0 spiro atoms. The van der Waals surface area contributed by atoms with Crippen molar-refractivity contribution in [1.29, 1.82) is 0 Å². The lowest BCUT2D eigenvalue weighted by Gasteiger charge is -2.17. The summed E-state index contributed by atoms with van der Waals surface area (Å²) in [5, 5.41) is 5.11. The third kappa shape index (κ3) is 7.22. The number of aryl methyl sites for hydroxylation is 1. The highest BCUT2D eigenvalue weighted by Gasteiger charge is 2.21. The van der Waals surface area contributed by atoms with E-state index in [2.05, 4.69) is 20.3 Å². The summed E-state index contributed by atoms with van der Waals surface area (Å²) >= 11 is 12.3. The minimum Gasteiger partial charge on any atom is -0.497 e. The van der Waals surface area contributed by atoms with E-state index in [9.17, 15) is 9.59 Å². The van der Waals surface area contributed by atoms with Crippen LogP contribution in [0.25, 0.3) is 22.2 Å². The zero-order chi connectivity index (χ0) is 27.9. The number of carbonyl (C=O) groups excluding carboxylic acids is 2. The zero-order valence-corrected chi connectivity index (χ0v) is 24.0. The molecular formula is C30H34Cl2N4O3. The summed E-state index contributed by atoms with van der Waals surface area (Å²) in [5.41, 5.74) is 4.50. The average Bonchev–Trinajstić information content (AvgIpc) is 3.53. The molecule has 0 aliphatic heterocycles. The number of nitrogens with one attached hydrogen (secondary N) is 3. The second-order valence-electron chi connectivity index (χ2n) is 9.74. The number of benzene rings is 2. The Kier molecular flexibility index (Phi) is 9.70. The van der Waals surface area contributed by atoms with Crippen LogP contribution in [0.15, 0.2) is 42.6 Å². The van der Waals surface area contributed by atoms with Gasteiger partial charge in [-0.05, 0) is 55.7 Å². The molecule has 0 saturated carbocycles. The normalized spacial score (nSPS) is 12.0. The van der Waals surface area contributed by atoms with E-state index >= 15 is 0 Å². The fourth-order valence-corrected chi connectivity index (χ4v) is 5.05. The molecule has 0 aliphatic carbocycles. The van der Waals surface area contributed by atoms with Crippen molar-refractivity contribution in [3.8, 4) is 17.0 Å². The van der Waals surface area contributed by atoms with Crippen LogP contribution >= 0.6 is 23.2 Å². The molecule has 2 heterocycles. The van der Waals surface area contributed by atoms with Crippen molar-refractivity contribution in [1.82, 2.24) is 20.3 Å². The SMILES string of the molecule is CCC(=O)CCCCC[C@H](NC(=O)Cc1c(C)[nH]c2ccc(OC)cc12)c1ncc(-c2ccc(Cl)c(Cl)c2)[nH]1. The molecule has 3 N–H and O–H groups in total. The van der Waals surface area contributed by atoms with Crippen LogP contribution in [0.2, 0.25) is 10.0 Å². The van der Waals surface area contributed by atoms with Gasteiger partial charge in [-0.2, -0.15) is 0 Å². The number of hydrogen-bond acceptors (Lipinski definition) is 4. The second kappa shape index (κ2) is 13.2. The van der Waals surface area contributed by atoms with Gasteiger partial charge < -0.3 is 20.0 Å². The topological polar surface area (TPSA) is 99.9 Å². The summed E-state index contributed by atoms with van der Waals surface area (Å²) in [4.78, 5) is 36.3. The van der Waals surface area contributed by atoms with Crippen LogP contribution in [0.3, 0.4) is 0 Å². The van der Waals surface area contributed by atoms with Crippen LogP contribution in [0.4, 0.5) is 0 Å². The molecule has 1 atom stereocenters. The Morgan fingerprint density at radius 3 is 2.62 bits per heavy atom. The number of aromatic amines is 2. The molecule has 9 heteroatoms. The minimum atomic E-state index is -0.309. The van der Waals surface area contributed by atoms with Crippen LogP contribution in [-0.4, -0.2) is 33.8 Å². The molecular weight excluding hydrogens is 535 g/mol. The lowest BCUT2D eigenvalue weighted by Crippen LogP contribution is -2.30. The van der Waals surface area contributed by atoms with E-state index in [1.165, 1.54) is 0 Å². The molecule has 0 aliphatic rings.